The number of nitro groups is 1. The van der Waals surface area contributed by atoms with E-state index in [-0.39, 0.29) is 11.5 Å². The molecule has 0 aromatic carbocycles. The summed E-state index contributed by atoms with van der Waals surface area (Å²) in [7, 11) is 1.46. The van der Waals surface area contributed by atoms with Gasteiger partial charge in [-0.05, 0) is 6.07 Å². The number of rotatable bonds is 2. The lowest BCUT2D eigenvalue weighted by Crippen LogP contribution is -2.30. The third-order valence-electron chi connectivity index (χ3n) is 1.37. The molecular formula is C6H7N3O3. The first-order chi connectivity index (χ1) is 5.66. The topological polar surface area (TPSA) is 82.1 Å². The van der Waals surface area contributed by atoms with Crippen LogP contribution >= 0.6 is 0 Å². The molecule has 0 aliphatic heterocycles. The lowest BCUT2D eigenvalue weighted by molar-refractivity contribution is -0.594. The first-order valence-corrected chi connectivity index (χ1v) is 3.21. The van der Waals surface area contributed by atoms with Crippen LogP contribution in [-0.2, 0) is 0 Å². The Morgan fingerprint density at radius 2 is 2.33 bits per heavy atom. The number of aromatic nitrogens is 1. The van der Waals surface area contributed by atoms with Crippen LogP contribution in [0.4, 0.5) is 11.5 Å². The third-order valence-corrected chi connectivity index (χ3v) is 1.37. The van der Waals surface area contributed by atoms with Crippen LogP contribution in [0.2, 0.25) is 0 Å². The van der Waals surface area contributed by atoms with E-state index in [1.165, 1.54) is 25.4 Å². The summed E-state index contributed by atoms with van der Waals surface area (Å²) in [6, 6.07) is 2.59. The van der Waals surface area contributed by atoms with E-state index in [2.05, 4.69) is 5.32 Å². The minimum atomic E-state index is -0.611. The highest BCUT2D eigenvalue weighted by Crippen LogP contribution is 2.17. The lowest BCUT2D eigenvalue weighted by atomic mass is 10.4. The summed E-state index contributed by atoms with van der Waals surface area (Å²) in [5.41, 5.74) is -0.227. The Hall–Kier alpha value is -1.85. The van der Waals surface area contributed by atoms with Gasteiger partial charge in [-0.25, -0.2) is 4.73 Å². The molecule has 1 aromatic heterocycles. The summed E-state index contributed by atoms with van der Waals surface area (Å²) < 4.78 is 0.415. The van der Waals surface area contributed by atoms with Gasteiger partial charge < -0.3 is 5.21 Å². The predicted molar refractivity (Wildman–Crippen MR) is 41.6 cm³/mol. The van der Waals surface area contributed by atoms with Crippen LogP contribution in [0, 0.1) is 15.3 Å². The van der Waals surface area contributed by atoms with Gasteiger partial charge in [-0.3, -0.25) is 15.4 Å². The molecule has 0 amide bonds. The maximum absolute atomic E-state index is 10.9. The molecule has 0 spiro atoms. The Morgan fingerprint density at radius 3 is 2.75 bits per heavy atom. The standard InChI is InChI=1S/C6H7N3O3/c1-7-6-5(9(11)12)3-2-4-8(6)10/h2-4,7H,1H3. The fraction of sp³-hybridized carbons (Fsp3) is 0.167. The molecule has 64 valence electrons. The minimum Gasteiger partial charge on any atom is -0.710 e. The Labute approximate surface area is 68.2 Å². The summed E-state index contributed by atoms with van der Waals surface area (Å²) in [5, 5.41) is 23.7. The lowest BCUT2D eigenvalue weighted by Gasteiger charge is -2.05. The first-order valence-electron chi connectivity index (χ1n) is 3.21. The molecule has 0 aliphatic carbocycles. The molecule has 0 saturated carbocycles. The zero-order chi connectivity index (χ0) is 9.14. The van der Waals surface area contributed by atoms with Crippen LogP contribution in [0.5, 0.6) is 0 Å². The van der Waals surface area contributed by atoms with Crippen molar-refractivity contribution in [3.8, 4) is 0 Å². The SMILES string of the molecule is CNc1c([N+](=O)[O-])ccc[n+]1[O-]. The number of hydrogen-bond acceptors (Lipinski definition) is 4. The number of pyridine rings is 1. The van der Waals surface area contributed by atoms with Gasteiger partial charge in [0, 0.05) is 6.07 Å². The molecule has 0 unspecified atom stereocenters. The summed E-state index contributed by atoms with van der Waals surface area (Å²) in [4.78, 5) is 9.74. The van der Waals surface area contributed by atoms with Crippen LogP contribution in [0.1, 0.15) is 0 Å². The fourth-order valence-electron chi connectivity index (χ4n) is 0.864. The van der Waals surface area contributed by atoms with Gasteiger partial charge in [0.1, 0.15) is 0 Å². The van der Waals surface area contributed by atoms with Gasteiger partial charge in [-0.2, -0.15) is 0 Å². The van der Waals surface area contributed by atoms with Crippen molar-refractivity contribution < 1.29 is 9.65 Å². The summed E-state index contributed by atoms with van der Waals surface area (Å²) in [5.74, 6) is -0.0532. The second kappa shape index (κ2) is 3.04. The molecule has 0 atom stereocenters. The quantitative estimate of drug-likeness (QED) is 0.298. The summed E-state index contributed by atoms with van der Waals surface area (Å²) in [6.45, 7) is 0. The third kappa shape index (κ3) is 1.26. The molecular weight excluding hydrogens is 162 g/mol. The highest BCUT2D eigenvalue weighted by Gasteiger charge is 2.19. The van der Waals surface area contributed by atoms with Gasteiger partial charge in [0.25, 0.3) is 0 Å². The Kier molecular flexibility index (Phi) is 2.09. The van der Waals surface area contributed by atoms with Gasteiger partial charge in [-0.15, -0.1) is 0 Å². The van der Waals surface area contributed by atoms with Crippen molar-refractivity contribution in [1.82, 2.24) is 0 Å². The van der Waals surface area contributed by atoms with Gasteiger partial charge in [0.05, 0.1) is 18.2 Å². The van der Waals surface area contributed by atoms with E-state index in [0.717, 1.165) is 0 Å². The van der Waals surface area contributed by atoms with E-state index in [1.807, 2.05) is 0 Å². The monoisotopic (exact) mass is 169 g/mol. The van der Waals surface area contributed by atoms with Crippen molar-refractivity contribution in [1.29, 1.82) is 0 Å². The number of nitrogens with one attached hydrogen (secondary N) is 1. The van der Waals surface area contributed by atoms with Crippen molar-refractivity contribution in [2.45, 2.75) is 0 Å². The normalized spacial score (nSPS) is 9.42. The van der Waals surface area contributed by atoms with Crippen LogP contribution in [0.15, 0.2) is 18.3 Å². The molecule has 0 bridgehead atoms. The van der Waals surface area contributed by atoms with E-state index in [4.69, 9.17) is 0 Å². The van der Waals surface area contributed by atoms with Crippen molar-refractivity contribution in [3.05, 3.63) is 33.7 Å². The zero-order valence-corrected chi connectivity index (χ0v) is 6.35. The van der Waals surface area contributed by atoms with Gasteiger partial charge in [-0.1, -0.05) is 0 Å². The molecule has 0 radical (unpaired) electrons. The smallest absolute Gasteiger partial charge is 0.357 e. The molecule has 1 rings (SSSR count). The maximum Gasteiger partial charge on any atom is 0.357 e. The number of hydrogen-bond donors (Lipinski definition) is 1. The van der Waals surface area contributed by atoms with Crippen LogP contribution < -0.4 is 10.0 Å². The van der Waals surface area contributed by atoms with Crippen molar-refractivity contribution in [2.24, 2.45) is 0 Å². The average Bonchev–Trinajstić information content (AvgIpc) is 2.03. The second-order valence-electron chi connectivity index (χ2n) is 2.07. The first kappa shape index (κ1) is 8.25. The van der Waals surface area contributed by atoms with Gasteiger partial charge >= 0.3 is 11.5 Å². The molecule has 12 heavy (non-hydrogen) atoms. The number of anilines is 1. The molecule has 1 heterocycles. The second-order valence-corrected chi connectivity index (χ2v) is 2.07. The average molecular weight is 169 g/mol. The largest absolute Gasteiger partial charge is 0.710 e. The van der Waals surface area contributed by atoms with Crippen LogP contribution in [-0.4, -0.2) is 12.0 Å². The predicted octanol–water partition coefficient (Wildman–Crippen LogP) is 0.270. The van der Waals surface area contributed by atoms with Gasteiger partial charge in [0.2, 0.25) is 0 Å². The highest BCUT2D eigenvalue weighted by molar-refractivity contribution is 5.50. The van der Waals surface area contributed by atoms with Crippen LogP contribution in [0.3, 0.4) is 0 Å². The molecule has 1 N–H and O–H groups in total. The fourth-order valence-corrected chi connectivity index (χ4v) is 0.864. The van der Waals surface area contributed by atoms with E-state index in [9.17, 15) is 15.3 Å². The van der Waals surface area contributed by atoms with Gasteiger partial charge in [0.15, 0.2) is 0 Å². The maximum atomic E-state index is 10.9. The highest BCUT2D eigenvalue weighted by atomic mass is 16.6. The Morgan fingerprint density at radius 1 is 1.67 bits per heavy atom. The molecule has 0 saturated heterocycles. The van der Waals surface area contributed by atoms with Crippen molar-refractivity contribution >= 4 is 11.5 Å². The molecule has 0 fully saturated rings. The molecule has 6 heteroatoms. The Bertz CT molecular complexity index is 313. The van der Waals surface area contributed by atoms with E-state index < -0.39 is 4.92 Å². The van der Waals surface area contributed by atoms with Crippen molar-refractivity contribution in [3.63, 3.8) is 0 Å². The van der Waals surface area contributed by atoms with E-state index >= 15 is 0 Å². The molecule has 6 nitrogen and oxygen atoms in total. The molecule has 0 aliphatic rings. The van der Waals surface area contributed by atoms with E-state index in [1.54, 1.807) is 0 Å². The van der Waals surface area contributed by atoms with E-state index in [0.29, 0.717) is 4.73 Å². The van der Waals surface area contributed by atoms with Crippen molar-refractivity contribution in [2.75, 3.05) is 12.4 Å². The minimum absolute atomic E-state index is 0.0532. The Balaban J connectivity index is 3.27. The number of nitrogens with zero attached hydrogens (tertiary/aromatic N) is 2. The summed E-state index contributed by atoms with van der Waals surface area (Å²) >= 11 is 0. The summed E-state index contributed by atoms with van der Waals surface area (Å²) in [6.07, 6.45) is 1.19. The molecule has 1 aromatic rings. The van der Waals surface area contributed by atoms with Crippen LogP contribution in [0.25, 0.3) is 0 Å². The zero-order valence-electron chi connectivity index (χ0n) is 6.35.